The molecule has 1 aliphatic carbocycles. The third kappa shape index (κ3) is 3.79. The van der Waals surface area contributed by atoms with Crippen LogP contribution in [0.25, 0.3) is 54.9 Å². The summed E-state index contributed by atoms with van der Waals surface area (Å²) in [5.41, 5.74) is 12.4. The average molecular weight is 571 g/mol. The van der Waals surface area contributed by atoms with E-state index < -0.39 is 5.41 Å². The molecule has 0 spiro atoms. The second-order valence-corrected chi connectivity index (χ2v) is 12.0. The minimum atomic E-state index is -0.499. The molecule has 0 aliphatic heterocycles. The Kier molecular flexibility index (Phi) is 5.83. The monoisotopic (exact) mass is 570 g/mol. The van der Waals surface area contributed by atoms with Crippen molar-refractivity contribution in [2.45, 2.75) is 5.41 Å². The van der Waals surface area contributed by atoms with Gasteiger partial charge in [0.15, 0.2) is 0 Å². The molecule has 0 atom stereocenters. The summed E-state index contributed by atoms with van der Waals surface area (Å²) in [4.78, 5) is 0. The maximum absolute atomic E-state index is 2.49. The van der Waals surface area contributed by atoms with Gasteiger partial charge in [0.2, 0.25) is 0 Å². The number of rotatable bonds is 4. The summed E-state index contributed by atoms with van der Waals surface area (Å²) in [5, 5.41) is 5.11. The molecule has 0 unspecified atom stereocenters. The molecule has 8 aromatic rings. The molecule has 0 saturated carbocycles. The molecular formula is C45H30. The zero-order valence-electron chi connectivity index (χ0n) is 24.8. The van der Waals surface area contributed by atoms with Gasteiger partial charge >= 0.3 is 0 Å². The lowest BCUT2D eigenvalue weighted by molar-refractivity contribution is 0.769. The van der Waals surface area contributed by atoms with Gasteiger partial charge in [0.05, 0.1) is 5.41 Å². The van der Waals surface area contributed by atoms with E-state index in [1.807, 2.05) is 0 Å². The summed E-state index contributed by atoms with van der Waals surface area (Å²) in [6.07, 6.45) is 0. The van der Waals surface area contributed by atoms with Crippen molar-refractivity contribution in [1.82, 2.24) is 0 Å². The van der Waals surface area contributed by atoms with Gasteiger partial charge in [-0.1, -0.05) is 170 Å². The van der Waals surface area contributed by atoms with Gasteiger partial charge in [-0.25, -0.2) is 0 Å². The lowest BCUT2D eigenvalue weighted by atomic mass is 9.67. The summed E-state index contributed by atoms with van der Waals surface area (Å²) < 4.78 is 0. The summed E-state index contributed by atoms with van der Waals surface area (Å²) in [6, 6.07) is 67.1. The quantitative estimate of drug-likeness (QED) is 0.197. The minimum absolute atomic E-state index is 0.499. The lowest BCUT2D eigenvalue weighted by Crippen LogP contribution is -2.28. The van der Waals surface area contributed by atoms with Crippen LogP contribution in [0.2, 0.25) is 0 Å². The molecule has 0 heteroatoms. The smallest absolute Gasteiger partial charge is 0.0622 e. The van der Waals surface area contributed by atoms with Gasteiger partial charge in [-0.2, -0.15) is 0 Å². The van der Waals surface area contributed by atoms with Crippen molar-refractivity contribution in [3.05, 3.63) is 204 Å². The number of hydrogen-bond acceptors (Lipinski definition) is 0. The van der Waals surface area contributed by atoms with Gasteiger partial charge in [0.25, 0.3) is 0 Å². The third-order valence-corrected chi connectivity index (χ3v) is 9.74. The van der Waals surface area contributed by atoms with Gasteiger partial charge in [0, 0.05) is 0 Å². The first kappa shape index (κ1) is 25.7. The molecule has 1 aliphatic rings. The Hall–Kier alpha value is -5.72. The molecule has 0 aromatic heterocycles. The molecule has 0 bridgehead atoms. The highest BCUT2D eigenvalue weighted by atomic mass is 14.5. The van der Waals surface area contributed by atoms with Crippen LogP contribution in [-0.4, -0.2) is 0 Å². The van der Waals surface area contributed by atoms with Gasteiger partial charge in [-0.05, 0) is 89.3 Å². The average Bonchev–Trinajstić information content (AvgIpc) is 3.42. The molecule has 0 radical (unpaired) electrons. The second kappa shape index (κ2) is 10.2. The van der Waals surface area contributed by atoms with Gasteiger partial charge in [-0.3, -0.25) is 0 Å². The molecule has 210 valence electrons. The van der Waals surface area contributed by atoms with E-state index in [9.17, 15) is 0 Å². The normalized spacial score (nSPS) is 13.1. The standard InChI is InChI=1S/C45H30/c1-4-15-32(16-5-1)41-30-43-44(39-25-13-12-24-38(39)41)40-28-27-33(37-26-14-18-31-17-10-11-23-36(31)37)29-42(40)45(43,34-19-6-2-7-20-34)35-21-8-3-9-22-35/h1-30H. The zero-order valence-corrected chi connectivity index (χ0v) is 24.8. The van der Waals surface area contributed by atoms with E-state index in [1.54, 1.807) is 0 Å². The van der Waals surface area contributed by atoms with E-state index in [4.69, 9.17) is 0 Å². The molecule has 0 saturated heterocycles. The topological polar surface area (TPSA) is 0 Å². The molecule has 0 nitrogen and oxygen atoms in total. The first-order valence-electron chi connectivity index (χ1n) is 15.7. The fraction of sp³-hybridized carbons (Fsp3) is 0.0222. The predicted octanol–water partition coefficient (Wildman–Crippen LogP) is 11.7. The van der Waals surface area contributed by atoms with Crippen LogP contribution in [0.1, 0.15) is 22.3 Å². The molecule has 9 rings (SSSR count). The van der Waals surface area contributed by atoms with E-state index in [1.165, 1.54) is 77.2 Å². The summed E-state index contributed by atoms with van der Waals surface area (Å²) in [7, 11) is 0. The largest absolute Gasteiger partial charge is 0.0714 e. The Morgan fingerprint density at radius 2 is 0.889 bits per heavy atom. The predicted molar refractivity (Wildman–Crippen MR) is 190 cm³/mol. The molecule has 0 heterocycles. The van der Waals surface area contributed by atoms with Crippen molar-refractivity contribution in [3.63, 3.8) is 0 Å². The molecule has 0 N–H and O–H groups in total. The van der Waals surface area contributed by atoms with Crippen molar-refractivity contribution in [1.29, 1.82) is 0 Å². The van der Waals surface area contributed by atoms with Crippen molar-refractivity contribution in [2.75, 3.05) is 0 Å². The van der Waals surface area contributed by atoms with Crippen molar-refractivity contribution in [3.8, 4) is 33.4 Å². The van der Waals surface area contributed by atoms with Crippen LogP contribution in [0.15, 0.2) is 182 Å². The number of benzene rings is 8. The maximum atomic E-state index is 2.49. The van der Waals surface area contributed by atoms with E-state index >= 15 is 0 Å². The van der Waals surface area contributed by atoms with Crippen molar-refractivity contribution in [2.24, 2.45) is 0 Å². The van der Waals surface area contributed by atoms with Crippen molar-refractivity contribution < 1.29 is 0 Å². The Morgan fingerprint density at radius 1 is 0.311 bits per heavy atom. The highest BCUT2D eigenvalue weighted by Gasteiger charge is 2.47. The maximum Gasteiger partial charge on any atom is 0.0714 e. The highest BCUT2D eigenvalue weighted by Crippen LogP contribution is 2.59. The Balaban J connectivity index is 1.46. The number of fused-ring (bicyclic) bond motifs is 6. The van der Waals surface area contributed by atoms with Crippen LogP contribution in [0.4, 0.5) is 0 Å². The van der Waals surface area contributed by atoms with Crippen LogP contribution in [0.5, 0.6) is 0 Å². The van der Waals surface area contributed by atoms with Crippen LogP contribution in [0, 0.1) is 0 Å². The molecule has 8 aromatic carbocycles. The first-order chi connectivity index (χ1) is 22.3. The van der Waals surface area contributed by atoms with E-state index in [0.717, 1.165) is 0 Å². The van der Waals surface area contributed by atoms with E-state index in [0.29, 0.717) is 0 Å². The fourth-order valence-corrected chi connectivity index (χ4v) is 7.85. The Bertz CT molecular complexity index is 2300. The lowest BCUT2D eigenvalue weighted by Gasteiger charge is -2.34. The molecule has 0 amide bonds. The molecule has 45 heavy (non-hydrogen) atoms. The number of hydrogen-bond donors (Lipinski definition) is 0. The van der Waals surface area contributed by atoms with Gasteiger partial charge in [-0.15, -0.1) is 0 Å². The highest BCUT2D eigenvalue weighted by molar-refractivity contribution is 6.10. The summed E-state index contributed by atoms with van der Waals surface area (Å²) in [5.74, 6) is 0. The van der Waals surface area contributed by atoms with Crippen LogP contribution >= 0.6 is 0 Å². The van der Waals surface area contributed by atoms with Crippen molar-refractivity contribution >= 4 is 21.5 Å². The van der Waals surface area contributed by atoms with Crippen LogP contribution < -0.4 is 0 Å². The molecular weight excluding hydrogens is 540 g/mol. The van der Waals surface area contributed by atoms with Crippen LogP contribution in [-0.2, 0) is 5.41 Å². The minimum Gasteiger partial charge on any atom is -0.0622 e. The summed E-state index contributed by atoms with van der Waals surface area (Å²) >= 11 is 0. The summed E-state index contributed by atoms with van der Waals surface area (Å²) in [6.45, 7) is 0. The van der Waals surface area contributed by atoms with Crippen LogP contribution in [0.3, 0.4) is 0 Å². The first-order valence-corrected chi connectivity index (χ1v) is 15.7. The van der Waals surface area contributed by atoms with E-state index in [2.05, 4.69) is 182 Å². The fourth-order valence-electron chi connectivity index (χ4n) is 7.85. The third-order valence-electron chi connectivity index (χ3n) is 9.74. The van der Waals surface area contributed by atoms with Gasteiger partial charge in [0.1, 0.15) is 0 Å². The second-order valence-electron chi connectivity index (χ2n) is 12.0. The van der Waals surface area contributed by atoms with Gasteiger partial charge < -0.3 is 0 Å². The Labute approximate surface area is 263 Å². The zero-order chi connectivity index (χ0) is 29.8. The van der Waals surface area contributed by atoms with E-state index in [-0.39, 0.29) is 0 Å². The molecule has 0 fully saturated rings. The SMILES string of the molecule is c1ccc(-c2cc3c(c4ccccc24)-c2ccc(-c4cccc5ccccc45)cc2C3(c2ccccc2)c2ccccc2)cc1. The Morgan fingerprint density at radius 3 is 1.60 bits per heavy atom.